The van der Waals surface area contributed by atoms with E-state index in [-0.39, 0.29) is 25.3 Å². The van der Waals surface area contributed by atoms with Crippen LogP contribution in [0, 0.1) is 5.92 Å². The fraction of sp³-hybridized carbons (Fsp3) is 0.852. The molecule has 0 spiro atoms. The summed E-state index contributed by atoms with van der Waals surface area (Å²) < 4.78 is 36.2. The number of ether oxygens (including phenoxy) is 2. The summed E-state index contributed by atoms with van der Waals surface area (Å²) in [4.78, 5) is 15.5. The van der Waals surface area contributed by atoms with Gasteiger partial charge < -0.3 is 24.3 Å². The van der Waals surface area contributed by atoms with E-state index in [0.717, 1.165) is 18.9 Å². The van der Waals surface area contributed by atoms with Crippen LogP contribution in [0.4, 0.5) is 5.82 Å². The zero-order valence-corrected chi connectivity index (χ0v) is 24.0. The molecule has 0 aromatic carbocycles. The maximum absolute atomic E-state index is 12.6. The van der Waals surface area contributed by atoms with Crippen LogP contribution in [0.5, 0.6) is 0 Å². The number of anilines is 1. The van der Waals surface area contributed by atoms with Crippen molar-refractivity contribution in [2.75, 3.05) is 38.5 Å². The van der Waals surface area contributed by atoms with Crippen molar-refractivity contribution in [1.29, 1.82) is 0 Å². The van der Waals surface area contributed by atoms with E-state index in [1.165, 1.54) is 75.2 Å². The van der Waals surface area contributed by atoms with Crippen molar-refractivity contribution in [2.45, 2.75) is 110 Å². The average molecular weight is 544 g/mol. The molecule has 1 aromatic rings. The smallest absolute Gasteiger partial charge is 0.356 e. The lowest BCUT2D eigenvalue weighted by atomic mass is 10.0. The highest BCUT2D eigenvalue weighted by Crippen LogP contribution is 2.50. The number of rotatable bonds is 21. The molecule has 1 unspecified atom stereocenters. The Bertz CT molecular complexity index is 823. The molecule has 0 amide bonds. The van der Waals surface area contributed by atoms with Crippen LogP contribution >= 0.6 is 7.60 Å². The molecule has 0 aliphatic carbocycles. The van der Waals surface area contributed by atoms with Gasteiger partial charge in [-0.3, -0.25) is 9.13 Å². The maximum Gasteiger partial charge on any atom is 0.356 e. The zero-order valence-electron chi connectivity index (χ0n) is 23.1. The second-order valence-electron chi connectivity index (χ2n) is 10.5. The quantitative estimate of drug-likeness (QED) is 0.145. The molecule has 2 N–H and O–H groups in total. The summed E-state index contributed by atoms with van der Waals surface area (Å²) in [5.41, 5.74) is 5.04. The van der Waals surface area contributed by atoms with Crippen molar-refractivity contribution in [3.8, 4) is 0 Å². The van der Waals surface area contributed by atoms with Crippen molar-refractivity contribution >= 4 is 13.4 Å². The highest BCUT2D eigenvalue weighted by atomic mass is 31.2. The number of aromatic nitrogens is 2. The van der Waals surface area contributed by atoms with Gasteiger partial charge in [-0.15, -0.1) is 0 Å². The molecule has 0 bridgehead atoms. The summed E-state index contributed by atoms with van der Waals surface area (Å²) in [5, 5.41) is 0. The standard InChI is InChI=1S/C27H50N3O6P/c1-24(2)15-12-10-8-6-4-3-5-7-9-11-13-18-33-19-14-20-35-37(32)23-34-25(22-36-37)21-30-17-16-26(28)29-27(30)31/h16-17,24-25H,3-15,18-23H2,1-2H3,(H2,28,29,31)/t25-,37?/m0/s1. The van der Waals surface area contributed by atoms with Crippen LogP contribution in [0.2, 0.25) is 0 Å². The van der Waals surface area contributed by atoms with Gasteiger partial charge >= 0.3 is 13.3 Å². The number of nitrogen functional groups attached to an aromatic ring is 1. The molecule has 214 valence electrons. The highest BCUT2D eigenvalue weighted by molar-refractivity contribution is 7.53. The van der Waals surface area contributed by atoms with E-state index in [1.807, 2.05) is 0 Å². The van der Waals surface area contributed by atoms with Crippen LogP contribution in [0.25, 0.3) is 0 Å². The Balaban J connectivity index is 1.35. The third kappa shape index (κ3) is 15.1. The van der Waals surface area contributed by atoms with Gasteiger partial charge in [-0.25, -0.2) is 4.79 Å². The number of nitrogens with zero attached hydrogens (tertiary/aromatic N) is 2. The van der Waals surface area contributed by atoms with Gasteiger partial charge in [0.2, 0.25) is 0 Å². The fourth-order valence-corrected chi connectivity index (χ4v) is 5.69. The Labute approximate surface area is 223 Å². The molecule has 1 saturated heterocycles. The predicted octanol–water partition coefficient (Wildman–Crippen LogP) is 6.15. The SMILES string of the molecule is CC(C)CCCCCCCCCCCCCOCCCOP1(=O)CO[C@@H](Cn2ccc(N)nc2=O)CO1. The maximum atomic E-state index is 12.6. The minimum atomic E-state index is -3.27. The highest BCUT2D eigenvalue weighted by Gasteiger charge is 2.33. The molecular formula is C27H50N3O6P. The van der Waals surface area contributed by atoms with Gasteiger partial charge in [0, 0.05) is 19.4 Å². The van der Waals surface area contributed by atoms with Crippen LogP contribution in [0.3, 0.4) is 0 Å². The molecule has 2 atom stereocenters. The molecule has 1 aromatic heterocycles. The Morgan fingerprint density at radius 3 is 2.22 bits per heavy atom. The van der Waals surface area contributed by atoms with Gasteiger partial charge in [0.1, 0.15) is 18.3 Å². The predicted molar refractivity (Wildman–Crippen MR) is 148 cm³/mol. The van der Waals surface area contributed by atoms with E-state index >= 15 is 0 Å². The molecule has 37 heavy (non-hydrogen) atoms. The van der Waals surface area contributed by atoms with Gasteiger partial charge in [-0.1, -0.05) is 84.5 Å². The Hall–Kier alpha value is -1.25. The summed E-state index contributed by atoms with van der Waals surface area (Å²) in [6, 6.07) is 1.54. The van der Waals surface area contributed by atoms with E-state index in [9.17, 15) is 9.36 Å². The molecule has 1 aliphatic heterocycles. The van der Waals surface area contributed by atoms with E-state index in [2.05, 4.69) is 18.8 Å². The minimum absolute atomic E-state index is 0.0863. The summed E-state index contributed by atoms with van der Waals surface area (Å²) in [6.07, 6.45) is 17.7. The molecule has 0 radical (unpaired) electrons. The zero-order chi connectivity index (χ0) is 26.8. The lowest BCUT2D eigenvalue weighted by Gasteiger charge is -2.29. The first-order valence-corrected chi connectivity index (χ1v) is 16.0. The Morgan fingerprint density at radius 1 is 1.00 bits per heavy atom. The topological polar surface area (TPSA) is 115 Å². The molecule has 1 fully saturated rings. The lowest BCUT2D eigenvalue weighted by Crippen LogP contribution is -2.35. The Morgan fingerprint density at radius 2 is 1.62 bits per heavy atom. The molecule has 2 rings (SSSR count). The molecule has 9 nitrogen and oxygen atoms in total. The summed E-state index contributed by atoms with van der Waals surface area (Å²) in [6.45, 7) is 6.58. The van der Waals surface area contributed by atoms with Crippen molar-refractivity contribution in [3.05, 3.63) is 22.7 Å². The van der Waals surface area contributed by atoms with E-state index in [4.69, 9.17) is 24.3 Å². The lowest BCUT2D eigenvalue weighted by molar-refractivity contribution is -0.0154. The molecule has 1 aliphatic rings. The van der Waals surface area contributed by atoms with Crippen molar-refractivity contribution in [1.82, 2.24) is 9.55 Å². The number of hydrogen-bond acceptors (Lipinski definition) is 8. The Kier molecular flexibility index (Phi) is 16.3. The monoisotopic (exact) mass is 543 g/mol. The van der Waals surface area contributed by atoms with Gasteiger partial charge in [0.15, 0.2) is 0 Å². The van der Waals surface area contributed by atoms with Crippen LogP contribution in [0.1, 0.15) is 97.3 Å². The summed E-state index contributed by atoms with van der Waals surface area (Å²) in [5.74, 6) is 1.02. The third-order valence-corrected chi connectivity index (χ3v) is 8.10. The first-order valence-electron chi connectivity index (χ1n) is 14.3. The normalized spacial score (nSPS) is 20.0. The summed E-state index contributed by atoms with van der Waals surface area (Å²) >= 11 is 0. The summed E-state index contributed by atoms with van der Waals surface area (Å²) in [7, 11) is -3.27. The first kappa shape index (κ1) is 32.0. The molecule has 2 heterocycles. The van der Waals surface area contributed by atoms with Crippen LogP contribution in [-0.4, -0.2) is 48.4 Å². The fourth-order valence-electron chi connectivity index (χ4n) is 4.27. The molecule has 10 heteroatoms. The van der Waals surface area contributed by atoms with Crippen molar-refractivity contribution < 1.29 is 23.1 Å². The van der Waals surface area contributed by atoms with E-state index < -0.39 is 19.4 Å². The van der Waals surface area contributed by atoms with Gasteiger partial charge in [-0.05, 0) is 24.8 Å². The van der Waals surface area contributed by atoms with Crippen molar-refractivity contribution in [3.63, 3.8) is 0 Å². The molecular weight excluding hydrogens is 493 g/mol. The van der Waals surface area contributed by atoms with Crippen molar-refractivity contribution in [2.24, 2.45) is 5.92 Å². The third-order valence-electron chi connectivity index (χ3n) is 6.51. The number of hydrogen-bond donors (Lipinski definition) is 1. The van der Waals surface area contributed by atoms with Crippen LogP contribution in [0.15, 0.2) is 17.1 Å². The average Bonchev–Trinajstić information content (AvgIpc) is 2.86. The van der Waals surface area contributed by atoms with Crippen LogP contribution in [-0.2, 0) is 29.6 Å². The largest absolute Gasteiger partial charge is 0.383 e. The van der Waals surface area contributed by atoms with Gasteiger partial charge in [-0.2, -0.15) is 4.98 Å². The number of unbranched alkanes of at least 4 members (excludes halogenated alkanes) is 10. The number of nitrogens with two attached hydrogens (primary N) is 1. The van der Waals surface area contributed by atoms with Crippen LogP contribution < -0.4 is 11.4 Å². The van der Waals surface area contributed by atoms with Gasteiger partial charge in [0.25, 0.3) is 0 Å². The van der Waals surface area contributed by atoms with E-state index in [0.29, 0.717) is 19.6 Å². The van der Waals surface area contributed by atoms with E-state index in [1.54, 1.807) is 12.3 Å². The van der Waals surface area contributed by atoms with Gasteiger partial charge in [0.05, 0.1) is 19.8 Å². The second-order valence-corrected chi connectivity index (χ2v) is 12.5. The first-order chi connectivity index (χ1) is 17.9. The molecule has 0 saturated carbocycles. The second kappa shape index (κ2) is 18.9. The minimum Gasteiger partial charge on any atom is -0.383 e.